The fourth-order valence-corrected chi connectivity index (χ4v) is 2.20. The number of anilines is 1. The molecule has 2 rings (SSSR count). The monoisotopic (exact) mass is 220 g/mol. The summed E-state index contributed by atoms with van der Waals surface area (Å²) in [5.41, 5.74) is 1.72. The van der Waals surface area contributed by atoms with E-state index in [2.05, 4.69) is 11.0 Å². The minimum absolute atomic E-state index is 0.642. The van der Waals surface area contributed by atoms with Crippen LogP contribution in [0.3, 0.4) is 0 Å². The van der Waals surface area contributed by atoms with Crippen molar-refractivity contribution in [3.8, 4) is 6.07 Å². The average Bonchev–Trinajstić information content (AvgIpc) is 2.29. The molecule has 0 saturated carbocycles. The standard InChI is InChI=1S/C12H13ClN2/c13-11-6-10(9-14)7-12(8-11)15-4-2-1-3-5-15/h6-8H,1-5H2. The summed E-state index contributed by atoms with van der Waals surface area (Å²) in [7, 11) is 0. The van der Waals surface area contributed by atoms with Gasteiger partial charge in [-0.05, 0) is 37.5 Å². The van der Waals surface area contributed by atoms with E-state index in [-0.39, 0.29) is 0 Å². The Balaban J connectivity index is 2.27. The van der Waals surface area contributed by atoms with Gasteiger partial charge < -0.3 is 4.90 Å². The lowest BCUT2D eigenvalue weighted by Gasteiger charge is -2.29. The lowest BCUT2D eigenvalue weighted by atomic mass is 10.1. The number of benzene rings is 1. The molecule has 0 radical (unpaired) electrons. The second-order valence-corrected chi connectivity index (χ2v) is 4.29. The largest absolute Gasteiger partial charge is 0.371 e. The second-order valence-electron chi connectivity index (χ2n) is 3.86. The van der Waals surface area contributed by atoms with Gasteiger partial charge in [0.2, 0.25) is 0 Å². The van der Waals surface area contributed by atoms with E-state index in [9.17, 15) is 0 Å². The van der Waals surface area contributed by atoms with Crippen LogP contribution < -0.4 is 4.90 Å². The number of halogens is 1. The van der Waals surface area contributed by atoms with Crippen LogP contribution in [0.4, 0.5) is 5.69 Å². The Bertz CT molecular complexity index is 389. The number of nitriles is 1. The van der Waals surface area contributed by atoms with Gasteiger partial charge in [0.1, 0.15) is 0 Å². The molecule has 1 aromatic rings. The summed E-state index contributed by atoms with van der Waals surface area (Å²) < 4.78 is 0. The van der Waals surface area contributed by atoms with E-state index in [4.69, 9.17) is 16.9 Å². The van der Waals surface area contributed by atoms with Crippen LogP contribution in [-0.4, -0.2) is 13.1 Å². The zero-order chi connectivity index (χ0) is 10.7. The van der Waals surface area contributed by atoms with Crippen LogP contribution in [0.1, 0.15) is 24.8 Å². The first-order valence-corrected chi connectivity index (χ1v) is 5.63. The molecule has 1 aromatic carbocycles. The van der Waals surface area contributed by atoms with Gasteiger partial charge in [-0.15, -0.1) is 0 Å². The van der Waals surface area contributed by atoms with Crippen LogP contribution in [0.15, 0.2) is 18.2 Å². The zero-order valence-corrected chi connectivity index (χ0v) is 9.30. The van der Waals surface area contributed by atoms with Gasteiger partial charge in [0.25, 0.3) is 0 Å². The predicted octanol–water partition coefficient (Wildman–Crippen LogP) is 3.20. The van der Waals surface area contributed by atoms with Gasteiger partial charge in [0.15, 0.2) is 0 Å². The van der Waals surface area contributed by atoms with Crippen LogP contribution in [0.25, 0.3) is 0 Å². The summed E-state index contributed by atoms with van der Waals surface area (Å²) in [6.45, 7) is 2.15. The van der Waals surface area contributed by atoms with Crippen molar-refractivity contribution in [2.45, 2.75) is 19.3 Å². The molecule has 1 aliphatic rings. The molecule has 0 aliphatic carbocycles. The van der Waals surface area contributed by atoms with Gasteiger partial charge >= 0.3 is 0 Å². The lowest BCUT2D eigenvalue weighted by molar-refractivity contribution is 0.578. The van der Waals surface area contributed by atoms with Crippen molar-refractivity contribution in [1.29, 1.82) is 5.26 Å². The van der Waals surface area contributed by atoms with Crippen LogP contribution in [0, 0.1) is 11.3 Å². The molecule has 2 nitrogen and oxygen atoms in total. The summed E-state index contributed by atoms with van der Waals surface area (Å²) in [4.78, 5) is 2.30. The Morgan fingerprint density at radius 3 is 2.53 bits per heavy atom. The first-order chi connectivity index (χ1) is 7.29. The first-order valence-electron chi connectivity index (χ1n) is 5.25. The second kappa shape index (κ2) is 4.55. The molecule has 0 aromatic heterocycles. The van der Waals surface area contributed by atoms with Gasteiger partial charge in [-0.1, -0.05) is 11.6 Å². The summed E-state index contributed by atoms with van der Waals surface area (Å²) >= 11 is 5.97. The molecule has 1 heterocycles. The highest BCUT2D eigenvalue weighted by Crippen LogP contribution is 2.24. The summed E-state index contributed by atoms with van der Waals surface area (Å²) in [5, 5.41) is 9.51. The molecule has 0 spiro atoms. The molecule has 15 heavy (non-hydrogen) atoms. The van der Waals surface area contributed by atoms with Gasteiger partial charge in [0, 0.05) is 23.8 Å². The van der Waals surface area contributed by atoms with Crippen molar-refractivity contribution in [3.05, 3.63) is 28.8 Å². The molecular formula is C12H13ClN2. The number of hydrogen-bond acceptors (Lipinski definition) is 2. The van der Waals surface area contributed by atoms with Gasteiger partial charge in [-0.3, -0.25) is 0 Å². The molecule has 1 saturated heterocycles. The fraction of sp³-hybridized carbons (Fsp3) is 0.417. The van der Waals surface area contributed by atoms with Gasteiger partial charge in [0.05, 0.1) is 11.6 Å². The first kappa shape index (κ1) is 10.3. The van der Waals surface area contributed by atoms with Crippen molar-refractivity contribution in [2.75, 3.05) is 18.0 Å². The number of nitrogens with zero attached hydrogens (tertiary/aromatic N) is 2. The normalized spacial score (nSPS) is 16.1. The highest BCUT2D eigenvalue weighted by atomic mass is 35.5. The number of rotatable bonds is 1. The van der Waals surface area contributed by atoms with E-state index in [1.807, 2.05) is 12.1 Å². The maximum absolute atomic E-state index is 8.86. The Morgan fingerprint density at radius 1 is 1.13 bits per heavy atom. The molecule has 1 aliphatic heterocycles. The van der Waals surface area contributed by atoms with Crippen molar-refractivity contribution < 1.29 is 0 Å². The third-order valence-corrected chi connectivity index (χ3v) is 2.95. The molecule has 0 unspecified atom stereocenters. The molecule has 1 fully saturated rings. The van der Waals surface area contributed by atoms with E-state index >= 15 is 0 Å². The molecular weight excluding hydrogens is 208 g/mol. The molecule has 3 heteroatoms. The fourth-order valence-electron chi connectivity index (χ4n) is 1.97. The highest BCUT2D eigenvalue weighted by molar-refractivity contribution is 6.31. The van der Waals surface area contributed by atoms with Crippen molar-refractivity contribution >= 4 is 17.3 Å². The topological polar surface area (TPSA) is 27.0 Å². The highest BCUT2D eigenvalue weighted by Gasteiger charge is 2.11. The third kappa shape index (κ3) is 2.43. The zero-order valence-electron chi connectivity index (χ0n) is 8.54. The molecule has 0 N–H and O–H groups in total. The Kier molecular flexibility index (Phi) is 3.13. The lowest BCUT2D eigenvalue weighted by Crippen LogP contribution is -2.29. The Hall–Kier alpha value is -1.20. The van der Waals surface area contributed by atoms with E-state index < -0.39 is 0 Å². The van der Waals surface area contributed by atoms with Crippen molar-refractivity contribution in [1.82, 2.24) is 0 Å². The molecule has 0 amide bonds. The third-order valence-electron chi connectivity index (χ3n) is 2.73. The maximum atomic E-state index is 8.86. The van der Waals surface area contributed by atoms with Crippen LogP contribution in [0.2, 0.25) is 5.02 Å². The van der Waals surface area contributed by atoms with E-state index in [0.29, 0.717) is 10.6 Å². The average molecular weight is 221 g/mol. The van der Waals surface area contributed by atoms with Gasteiger partial charge in [-0.25, -0.2) is 0 Å². The molecule has 78 valence electrons. The maximum Gasteiger partial charge on any atom is 0.0992 e. The molecule has 0 atom stereocenters. The summed E-state index contributed by atoms with van der Waals surface area (Å²) in [6, 6.07) is 7.69. The van der Waals surface area contributed by atoms with Crippen LogP contribution in [-0.2, 0) is 0 Å². The number of piperidine rings is 1. The number of hydrogen-bond donors (Lipinski definition) is 0. The minimum Gasteiger partial charge on any atom is -0.371 e. The molecule has 0 bridgehead atoms. The Morgan fingerprint density at radius 2 is 1.87 bits per heavy atom. The Labute approximate surface area is 95.1 Å². The summed E-state index contributed by atoms with van der Waals surface area (Å²) in [5.74, 6) is 0. The van der Waals surface area contributed by atoms with Gasteiger partial charge in [-0.2, -0.15) is 5.26 Å². The smallest absolute Gasteiger partial charge is 0.0992 e. The summed E-state index contributed by atoms with van der Waals surface area (Å²) in [6.07, 6.45) is 3.77. The van der Waals surface area contributed by atoms with Crippen molar-refractivity contribution in [2.24, 2.45) is 0 Å². The van der Waals surface area contributed by atoms with Crippen LogP contribution in [0.5, 0.6) is 0 Å². The quantitative estimate of drug-likeness (QED) is 0.727. The van der Waals surface area contributed by atoms with E-state index in [1.54, 1.807) is 6.07 Å². The SMILES string of the molecule is N#Cc1cc(Cl)cc(N2CCCCC2)c1. The predicted molar refractivity (Wildman–Crippen MR) is 62.2 cm³/mol. The van der Waals surface area contributed by atoms with Crippen LogP contribution >= 0.6 is 11.6 Å². The van der Waals surface area contributed by atoms with E-state index in [1.165, 1.54) is 19.3 Å². The van der Waals surface area contributed by atoms with E-state index in [0.717, 1.165) is 18.8 Å². The van der Waals surface area contributed by atoms with Crippen molar-refractivity contribution in [3.63, 3.8) is 0 Å². The minimum atomic E-state index is 0.642.